The topological polar surface area (TPSA) is 82.3 Å². The lowest BCUT2D eigenvalue weighted by atomic mass is 10.2. The van der Waals surface area contributed by atoms with Gasteiger partial charge in [0.2, 0.25) is 5.91 Å². The fraction of sp³-hybridized carbons (Fsp3) is 0.174. The van der Waals surface area contributed by atoms with Crippen LogP contribution < -0.4 is 21.3 Å². The zero-order chi connectivity index (χ0) is 22.1. The van der Waals surface area contributed by atoms with Crippen LogP contribution in [0.4, 0.5) is 5.69 Å². The largest absolute Gasteiger partial charge is 0.495 e. The van der Waals surface area contributed by atoms with Crippen molar-refractivity contribution in [3.05, 3.63) is 85.9 Å². The molecule has 2 aromatic carbocycles. The molecule has 0 atom stereocenters. The number of nitrogens with zero attached hydrogens (tertiary/aromatic N) is 2. The molecule has 0 radical (unpaired) electrons. The molecule has 8 heteroatoms. The van der Waals surface area contributed by atoms with Gasteiger partial charge in [-0.25, -0.2) is 9.36 Å². The van der Waals surface area contributed by atoms with Crippen molar-refractivity contribution >= 4 is 33.1 Å². The molecule has 0 spiro atoms. The van der Waals surface area contributed by atoms with Gasteiger partial charge in [0.25, 0.3) is 5.56 Å². The number of carbonyl (C=O) groups is 1. The Hall–Kier alpha value is -3.65. The van der Waals surface area contributed by atoms with E-state index in [1.807, 2.05) is 26.0 Å². The highest BCUT2D eigenvalue weighted by Crippen LogP contribution is 2.26. The minimum atomic E-state index is -0.558. The second kappa shape index (κ2) is 8.23. The van der Waals surface area contributed by atoms with E-state index >= 15 is 0 Å². The number of aromatic nitrogens is 2. The number of hydrogen-bond acceptors (Lipinski definition) is 5. The van der Waals surface area contributed by atoms with Crippen molar-refractivity contribution in [2.75, 3.05) is 12.4 Å². The van der Waals surface area contributed by atoms with Crippen LogP contribution in [0, 0.1) is 13.8 Å². The minimum absolute atomic E-state index is 0.237. The molecule has 0 unspecified atom stereocenters. The van der Waals surface area contributed by atoms with Crippen molar-refractivity contribution in [2.24, 2.45) is 0 Å². The molecule has 1 N–H and O–H groups in total. The van der Waals surface area contributed by atoms with Crippen LogP contribution in [0.3, 0.4) is 0 Å². The molecule has 31 heavy (non-hydrogen) atoms. The SMILES string of the molecule is COc1ccc(C)cc1NC(=O)Cn1c(=O)n(-c2ccccc2)c(=O)c2cc(C)sc21. The fourth-order valence-electron chi connectivity index (χ4n) is 3.47. The molecular formula is C23H21N3O4S. The minimum Gasteiger partial charge on any atom is -0.495 e. The van der Waals surface area contributed by atoms with Gasteiger partial charge in [-0.2, -0.15) is 0 Å². The molecule has 0 fully saturated rings. The second-order valence-electron chi connectivity index (χ2n) is 7.17. The number of amides is 1. The van der Waals surface area contributed by atoms with Crippen LogP contribution in [0.15, 0.2) is 64.2 Å². The number of fused-ring (bicyclic) bond motifs is 1. The quantitative estimate of drug-likeness (QED) is 0.520. The third-order valence-corrected chi connectivity index (χ3v) is 5.96. The van der Waals surface area contributed by atoms with Crippen LogP contribution in [0.2, 0.25) is 0 Å². The Morgan fingerprint density at radius 2 is 1.81 bits per heavy atom. The van der Waals surface area contributed by atoms with E-state index < -0.39 is 17.2 Å². The van der Waals surface area contributed by atoms with Crippen molar-refractivity contribution in [3.8, 4) is 11.4 Å². The summed E-state index contributed by atoms with van der Waals surface area (Å²) in [6, 6.07) is 15.9. The zero-order valence-corrected chi connectivity index (χ0v) is 18.2. The van der Waals surface area contributed by atoms with Crippen molar-refractivity contribution < 1.29 is 9.53 Å². The van der Waals surface area contributed by atoms with Gasteiger partial charge in [-0.05, 0) is 49.7 Å². The monoisotopic (exact) mass is 435 g/mol. The summed E-state index contributed by atoms with van der Waals surface area (Å²) in [5, 5.41) is 3.23. The zero-order valence-electron chi connectivity index (χ0n) is 17.3. The molecule has 4 rings (SSSR count). The van der Waals surface area contributed by atoms with Crippen LogP contribution in [-0.4, -0.2) is 22.2 Å². The maximum absolute atomic E-state index is 13.3. The Kier molecular flexibility index (Phi) is 5.48. The van der Waals surface area contributed by atoms with Gasteiger partial charge in [0.15, 0.2) is 0 Å². The van der Waals surface area contributed by atoms with Crippen LogP contribution in [-0.2, 0) is 11.3 Å². The maximum Gasteiger partial charge on any atom is 0.337 e. The molecule has 0 bridgehead atoms. The normalized spacial score (nSPS) is 10.9. The summed E-state index contributed by atoms with van der Waals surface area (Å²) in [7, 11) is 1.53. The number of ether oxygens (including phenoxy) is 1. The molecule has 1 amide bonds. The van der Waals surface area contributed by atoms with Crippen LogP contribution in [0.5, 0.6) is 5.75 Å². The highest BCUT2D eigenvalue weighted by atomic mass is 32.1. The number of hydrogen-bond donors (Lipinski definition) is 1. The molecule has 2 heterocycles. The molecule has 4 aromatic rings. The molecular weight excluding hydrogens is 414 g/mol. The molecule has 7 nitrogen and oxygen atoms in total. The first kappa shape index (κ1) is 20.6. The van der Waals surface area contributed by atoms with Gasteiger partial charge in [-0.15, -0.1) is 11.3 Å². The molecule has 0 aliphatic heterocycles. The van der Waals surface area contributed by atoms with Crippen molar-refractivity contribution in [3.63, 3.8) is 0 Å². The number of anilines is 1. The van der Waals surface area contributed by atoms with Gasteiger partial charge < -0.3 is 10.1 Å². The number of aryl methyl sites for hydroxylation is 2. The Balaban J connectivity index is 1.81. The molecule has 0 saturated heterocycles. The third-order valence-electron chi connectivity index (χ3n) is 4.88. The number of para-hydroxylation sites is 1. The molecule has 2 aromatic heterocycles. The Morgan fingerprint density at radius 3 is 2.52 bits per heavy atom. The van der Waals surface area contributed by atoms with E-state index in [2.05, 4.69) is 5.32 Å². The Labute approximate surface area is 182 Å². The lowest BCUT2D eigenvalue weighted by Gasteiger charge is -2.14. The summed E-state index contributed by atoms with van der Waals surface area (Å²) in [6.07, 6.45) is 0. The standard InChI is InChI=1S/C23H21N3O4S/c1-14-9-10-19(30-3)18(11-14)24-20(27)13-25-22-17(12-15(2)31-22)21(28)26(23(25)29)16-7-5-4-6-8-16/h4-12H,13H2,1-3H3,(H,24,27). The van der Waals surface area contributed by atoms with E-state index in [4.69, 9.17) is 4.74 Å². The van der Waals surface area contributed by atoms with Gasteiger partial charge >= 0.3 is 5.69 Å². The van der Waals surface area contributed by atoms with E-state index in [9.17, 15) is 14.4 Å². The summed E-state index contributed by atoms with van der Waals surface area (Å²) in [4.78, 5) is 40.6. The van der Waals surface area contributed by atoms with Crippen LogP contribution in [0.1, 0.15) is 10.4 Å². The Morgan fingerprint density at radius 1 is 1.06 bits per heavy atom. The highest BCUT2D eigenvalue weighted by Gasteiger charge is 2.19. The van der Waals surface area contributed by atoms with Crippen molar-refractivity contribution in [2.45, 2.75) is 20.4 Å². The number of methoxy groups -OCH3 is 1. The lowest BCUT2D eigenvalue weighted by molar-refractivity contribution is -0.116. The molecule has 158 valence electrons. The number of nitrogens with one attached hydrogen (secondary N) is 1. The van der Waals surface area contributed by atoms with Crippen molar-refractivity contribution in [1.29, 1.82) is 0 Å². The molecule has 0 saturated carbocycles. The lowest BCUT2D eigenvalue weighted by Crippen LogP contribution is -2.40. The highest BCUT2D eigenvalue weighted by molar-refractivity contribution is 7.18. The Bertz CT molecular complexity index is 1400. The fourth-order valence-corrected chi connectivity index (χ4v) is 4.46. The second-order valence-corrected chi connectivity index (χ2v) is 8.41. The van der Waals surface area contributed by atoms with Gasteiger partial charge in [-0.1, -0.05) is 24.3 Å². The number of thiophene rings is 1. The van der Waals surface area contributed by atoms with E-state index in [1.54, 1.807) is 42.5 Å². The summed E-state index contributed by atoms with van der Waals surface area (Å²) in [6.45, 7) is 3.54. The average Bonchev–Trinajstić information content (AvgIpc) is 3.14. The summed E-state index contributed by atoms with van der Waals surface area (Å²) < 4.78 is 7.77. The van der Waals surface area contributed by atoms with E-state index in [1.165, 1.54) is 23.0 Å². The summed E-state index contributed by atoms with van der Waals surface area (Å²) >= 11 is 1.31. The average molecular weight is 436 g/mol. The van der Waals surface area contributed by atoms with E-state index in [0.717, 1.165) is 15.0 Å². The number of carbonyl (C=O) groups excluding carboxylic acids is 1. The number of rotatable bonds is 5. The summed E-state index contributed by atoms with van der Waals surface area (Å²) in [5.74, 6) is 0.134. The smallest absolute Gasteiger partial charge is 0.337 e. The molecule has 0 aliphatic rings. The van der Waals surface area contributed by atoms with Crippen LogP contribution >= 0.6 is 11.3 Å². The predicted octanol–water partition coefficient (Wildman–Crippen LogP) is 3.48. The molecule has 0 aliphatic carbocycles. The van der Waals surface area contributed by atoms with Gasteiger partial charge in [0, 0.05) is 4.88 Å². The predicted molar refractivity (Wildman–Crippen MR) is 123 cm³/mol. The maximum atomic E-state index is 13.3. The van der Waals surface area contributed by atoms with Gasteiger partial charge in [-0.3, -0.25) is 14.2 Å². The van der Waals surface area contributed by atoms with E-state index in [0.29, 0.717) is 27.3 Å². The van der Waals surface area contributed by atoms with E-state index in [-0.39, 0.29) is 6.54 Å². The van der Waals surface area contributed by atoms with Gasteiger partial charge in [0.1, 0.15) is 17.1 Å². The first-order chi connectivity index (χ1) is 14.9. The third kappa shape index (κ3) is 3.89. The van der Waals surface area contributed by atoms with Crippen molar-refractivity contribution in [1.82, 2.24) is 9.13 Å². The van der Waals surface area contributed by atoms with Crippen LogP contribution in [0.25, 0.3) is 15.9 Å². The number of benzene rings is 2. The first-order valence-electron chi connectivity index (χ1n) is 9.65. The van der Waals surface area contributed by atoms with Gasteiger partial charge in [0.05, 0.1) is 23.9 Å². The first-order valence-corrected chi connectivity index (χ1v) is 10.5. The summed E-state index contributed by atoms with van der Waals surface area (Å²) in [5.41, 5.74) is 0.986.